The van der Waals surface area contributed by atoms with Crippen LogP contribution < -0.4 is 10.6 Å². The number of aromatic nitrogens is 2. The molecule has 2 N–H and O–H groups in total. The Labute approximate surface area is 155 Å². The summed E-state index contributed by atoms with van der Waals surface area (Å²) in [5.74, 6) is -0.0214. The number of aryl methyl sites for hydroxylation is 1. The van der Waals surface area contributed by atoms with Gasteiger partial charge >= 0.3 is 0 Å². The summed E-state index contributed by atoms with van der Waals surface area (Å²) in [7, 11) is 0. The number of halogens is 1. The smallest absolute Gasteiger partial charge is 0.255 e. The Kier molecular flexibility index (Phi) is 6.25. The fourth-order valence-electron chi connectivity index (χ4n) is 3.38. The Morgan fingerprint density at radius 2 is 1.88 bits per heavy atom. The maximum Gasteiger partial charge on any atom is 0.255 e. The van der Waals surface area contributed by atoms with Gasteiger partial charge in [0.15, 0.2) is 0 Å². The third kappa shape index (κ3) is 4.22. The van der Waals surface area contributed by atoms with Crippen LogP contribution in [0.3, 0.4) is 0 Å². The van der Waals surface area contributed by atoms with Gasteiger partial charge in [-0.25, -0.2) is 4.68 Å². The summed E-state index contributed by atoms with van der Waals surface area (Å²) in [6.07, 6.45) is 2.18. The number of hydrogen-bond acceptors (Lipinski definition) is 3. The first-order chi connectivity index (χ1) is 11.5. The van der Waals surface area contributed by atoms with Gasteiger partial charge < -0.3 is 10.6 Å². The monoisotopic (exact) mass is 362 g/mol. The summed E-state index contributed by atoms with van der Waals surface area (Å²) in [5, 5.41) is 11.1. The zero-order valence-corrected chi connectivity index (χ0v) is 15.9. The van der Waals surface area contributed by atoms with Crippen molar-refractivity contribution in [3.8, 4) is 5.69 Å². The molecular formula is C19H27ClN4O. The third-order valence-electron chi connectivity index (χ3n) is 5.01. The number of carbonyl (C=O) groups excluding carboxylic acids is 1. The molecule has 0 atom stereocenters. The normalized spacial score (nSPS) is 16.1. The van der Waals surface area contributed by atoms with Gasteiger partial charge in [-0.15, -0.1) is 12.4 Å². The van der Waals surface area contributed by atoms with Crippen molar-refractivity contribution in [3.63, 3.8) is 0 Å². The highest BCUT2D eigenvalue weighted by Crippen LogP contribution is 2.27. The van der Waals surface area contributed by atoms with Crippen LogP contribution in [-0.4, -0.2) is 35.3 Å². The molecule has 1 aliphatic rings. The van der Waals surface area contributed by atoms with Crippen molar-refractivity contribution in [1.29, 1.82) is 0 Å². The molecule has 136 valence electrons. The van der Waals surface area contributed by atoms with E-state index >= 15 is 0 Å². The van der Waals surface area contributed by atoms with Gasteiger partial charge in [0, 0.05) is 6.54 Å². The number of benzene rings is 1. The number of nitrogens with zero attached hydrogens (tertiary/aromatic N) is 2. The minimum atomic E-state index is -0.0214. The molecule has 25 heavy (non-hydrogen) atoms. The number of piperidine rings is 1. The maximum absolute atomic E-state index is 12.7. The van der Waals surface area contributed by atoms with Gasteiger partial charge in [-0.2, -0.15) is 5.10 Å². The number of nitrogens with one attached hydrogen (secondary N) is 2. The van der Waals surface area contributed by atoms with E-state index in [1.807, 2.05) is 48.9 Å². The third-order valence-corrected chi connectivity index (χ3v) is 5.01. The zero-order chi connectivity index (χ0) is 17.2. The van der Waals surface area contributed by atoms with Crippen LogP contribution in [0.4, 0.5) is 0 Å². The van der Waals surface area contributed by atoms with E-state index in [4.69, 9.17) is 0 Å². The Morgan fingerprint density at radius 3 is 2.52 bits per heavy atom. The summed E-state index contributed by atoms with van der Waals surface area (Å²) in [6.45, 7) is 8.86. The van der Waals surface area contributed by atoms with Crippen LogP contribution in [0.1, 0.15) is 41.5 Å². The average molecular weight is 363 g/mol. The molecule has 1 fully saturated rings. The molecule has 0 radical (unpaired) electrons. The van der Waals surface area contributed by atoms with Crippen molar-refractivity contribution in [1.82, 2.24) is 20.4 Å². The largest absolute Gasteiger partial charge is 0.351 e. The quantitative estimate of drug-likeness (QED) is 0.878. The molecule has 1 aromatic carbocycles. The molecule has 2 heterocycles. The Bertz CT molecular complexity index is 721. The summed E-state index contributed by atoms with van der Waals surface area (Å²) < 4.78 is 1.84. The molecule has 5 nitrogen and oxygen atoms in total. The van der Waals surface area contributed by atoms with E-state index in [2.05, 4.69) is 22.7 Å². The standard InChI is InChI=1S/C19H26N4O.ClH/c1-14-17(15(2)23(22-14)16-7-5-4-6-8-16)18(24)21-13-19(3)9-11-20-12-10-19;/h4-8,20H,9-13H2,1-3H3,(H,21,24);1H. The number of para-hydroxylation sites is 1. The summed E-state index contributed by atoms with van der Waals surface area (Å²) in [4.78, 5) is 12.7. The van der Waals surface area contributed by atoms with Crippen molar-refractivity contribution < 1.29 is 4.79 Å². The van der Waals surface area contributed by atoms with E-state index in [0.717, 1.165) is 43.0 Å². The minimum Gasteiger partial charge on any atom is -0.351 e. The van der Waals surface area contributed by atoms with Gasteiger partial charge in [0.2, 0.25) is 0 Å². The SMILES string of the molecule is Cc1nn(-c2ccccc2)c(C)c1C(=O)NCC1(C)CCNCC1.Cl. The molecule has 0 saturated carbocycles. The highest BCUT2D eigenvalue weighted by molar-refractivity contribution is 5.96. The second kappa shape index (κ2) is 8.02. The van der Waals surface area contributed by atoms with Gasteiger partial charge in [0.25, 0.3) is 5.91 Å². The van der Waals surface area contributed by atoms with E-state index in [0.29, 0.717) is 12.1 Å². The van der Waals surface area contributed by atoms with Crippen molar-refractivity contribution in [2.75, 3.05) is 19.6 Å². The lowest BCUT2D eigenvalue weighted by Crippen LogP contribution is -2.43. The lowest BCUT2D eigenvalue weighted by molar-refractivity contribution is 0.0921. The van der Waals surface area contributed by atoms with Gasteiger partial charge in [0.1, 0.15) is 0 Å². The Hall–Kier alpha value is -1.85. The first kappa shape index (κ1) is 19.5. The molecule has 1 aliphatic heterocycles. The van der Waals surface area contributed by atoms with Crippen LogP contribution >= 0.6 is 12.4 Å². The Balaban J connectivity index is 0.00000225. The van der Waals surface area contributed by atoms with Crippen LogP contribution in [0.25, 0.3) is 5.69 Å². The summed E-state index contributed by atoms with van der Waals surface area (Å²) in [6, 6.07) is 9.92. The van der Waals surface area contributed by atoms with Crippen molar-refractivity contribution in [3.05, 3.63) is 47.3 Å². The predicted molar refractivity (Wildman–Crippen MR) is 103 cm³/mol. The molecule has 0 spiro atoms. The lowest BCUT2D eigenvalue weighted by atomic mass is 9.81. The van der Waals surface area contributed by atoms with Crippen LogP contribution in [-0.2, 0) is 0 Å². The molecule has 6 heteroatoms. The lowest BCUT2D eigenvalue weighted by Gasteiger charge is -2.34. The molecule has 0 aliphatic carbocycles. The zero-order valence-electron chi connectivity index (χ0n) is 15.1. The molecule has 1 saturated heterocycles. The molecule has 3 rings (SSSR count). The van der Waals surface area contributed by atoms with Crippen LogP contribution in [0.5, 0.6) is 0 Å². The molecule has 0 bridgehead atoms. The topological polar surface area (TPSA) is 59.0 Å². The van der Waals surface area contributed by atoms with Gasteiger partial charge in [0.05, 0.1) is 22.6 Å². The van der Waals surface area contributed by atoms with Gasteiger partial charge in [-0.05, 0) is 57.3 Å². The molecule has 1 aromatic heterocycles. The second-order valence-electron chi connectivity index (χ2n) is 7.04. The van der Waals surface area contributed by atoms with Crippen LogP contribution in [0.2, 0.25) is 0 Å². The number of rotatable bonds is 4. The predicted octanol–water partition coefficient (Wildman–Crippen LogP) is 3.03. The van der Waals surface area contributed by atoms with Crippen molar-refractivity contribution in [2.45, 2.75) is 33.6 Å². The Morgan fingerprint density at radius 1 is 1.24 bits per heavy atom. The van der Waals surface area contributed by atoms with E-state index < -0.39 is 0 Å². The van der Waals surface area contributed by atoms with Gasteiger partial charge in [-0.1, -0.05) is 25.1 Å². The fourth-order valence-corrected chi connectivity index (χ4v) is 3.38. The summed E-state index contributed by atoms with van der Waals surface area (Å²) >= 11 is 0. The second-order valence-corrected chi connectivity index (χ2v) is 7.04. The van der Waals surface area contributed by atoms with E-state index in [1.54, 1.807) is 0 Å². The van der Waals surface area contributed by atoms with Crippen LogP contribution in [0, 0.1) is 19.3 Å². The van der Waals surface area contributed by atoms with Crippen LogP contribution in [0.15, 0.2) is 30.3 Å². The molecule has 1 amide bonds. The first-order valence-corrected chi connectivity index (χ1v) is 8.61. The average Bonchev–Trinajstić information content (AvgIpc) is 2.89. The highest BCUT2D eigenvalue weighted by Gasteiger charge is 2.28. The van der Waals surface area contributed by atoms with E-state index in [9.17, 15) is 4.79 Å². The summed E-state index contributed by atoms with van der Waals surface area (Å²) in [5.41, 5.74) is 3.49. The molecule has 2 aromatic rings. The van der Waals surface area contributed by atoms with E-state index in [-0.39, 0.29) is 23.7 Å². The van der Waals surface area contributed by atoms with Crippen molar-refractivity contribution in [2.24, 2.45) is 5.41 Å². The molecule has 0 unspecified atom stereocenters. The maximum atomic E-state index is 12.7. The number of carbonyl (C=O) groups is 1. The first-order valence-electron chi connectivity index (χ1n) is 8.61. The highest BCUT2D eigenvalue weighted by atomic mass is 35.5. The number of hydrogen-bond donors (Lipinski definition) is 2. The van der Waals surface area contributed by atoms with Crippen molar-refractivity contribution >= 4 is 18.3 Å². The minimum absolute atomic E-state index is 0. The van der Waals surface area contributed by atoms with Gasteiger partial charge in [-0.3, -0.25) is 4.79 Å². The number of amides is 1. The van der Waals surface area contributed by atoms with E-state index in [1.165, 1.54) is 0 Å². The fraction of sp³-hybridized carbons (Fsp3) is 0.474. The molecular weight excluding hydrogens is 336 g/mol.